The molecule has 1 aromatic rings. The Morgan fingerprint density at radius 3 is 2.17 bits per heavy atom. The predicted molar refractivity (Wildman–Crippen MR) is 101 cm³/mol. The molecule has 24 heavy (non-hydrogen) atoms. The van der Waals surface area contributed by atoms with Crippen LogP contribution in [0, 0.1) is 0 Å². The third-order valence-corrected chi connectivity index (χ3v) is 6.41. The molecule has 1 atom stereocenters. The third-order valence-electron chi connectivity index (χ3n) is 3.97. The molecule has 0 fully saturated rings. The van der Waals surface area contributed by atoms with E-state index >= 15 is 0 Å². The summed E-state index contributed by atoms with van der Waals surface area (Å²) in [5.41, 5.74) is 1.17. The average Bonchev–Trinajstić information content (AvgIpc) is 2.58. The highest BCUT2D eigenvalue weighted by Crippen LogP contribution is 2.53. The first-order chi connectivity index (χ1) is 11.7. The lowest BCUT2D eigenvalue weighted by molar-refractivity contribution is 0.204. The van der Waals surface area contributed by atoms with Gasteiger partial charge in [-0.25, -0.2) is 0 Å². The summed E-state index contributed by atoms with van der Waals surface area (Å²) in [7, 11) is -3.13. The van der Waals surface area contributed by atoms with Crippen molar-refractivity contribution < 1.29 is 13.6 Å². The van der Waals surface area contributed by atoms with Crippen LogP contribution in [0.4, 0.5) is 0 Å². The summed E-state index contributed by atoms with van der Waals surface area (Å²) in [6, 6.07) is 10.2. The van der Waals surface area contributed by atoms with E-state index in [1.165, 1.54) is 24.8 Å². The van der Waals surface area contributed by atoms with E-state index < -0.39 is 7.60 Å². The van der Waals surface area contributed by atoms with Crippen LogP contribution in [0.3, 0.4) is 0 Å². The van der Waals surface area contributed by atoms with E-state index in [2.05, 4.69) is 24.4 Å². The van der Waals surface area contributed by atoms with Gasteiger partial charge in [0.15, 0.2) is 0 Å². The van der Waals surface area contributed by atoms with E-state index in [1.807, 2.05) is 32.0 Å². The number of nitrogens with one attached hydrogen (secondary N) is 1. The molecule has 0 heterocycles. The second kappa shape index (κ2) is 12.7. The largest absolute Gasteiger partial charge is 0.347 e. The van der Waals surface area contributed by atoms with Crippen molar-refractivity contribution in [3.05, 3.63) is 35.9 Å². The highest BCUT2D eigenvalue weighted by atomic mass is 31.2. The van der Waals surface area contributed by atoms with Gasteiger partial charge in [-0.2, -0.15) is 0 Å². The second-order valence-electron chi connectivity index (χ2n) is 5.96. The minimum atomic E-state index is -3.13. The van der Waals surface area contributed by atoms with Crippen molar-refractivity contribution in [1.82, 2.24) is 5.32 Å². The molecule has 1 N–H and O–H groups in total. The second-order valence-corrected chi connectivity index (χ2v) is 8.18. The van der Waals surface area contributed by atoms with E-state index in [0.29, 0.717) is 19.8 Å². The maximum atomic E-state index is 13.1. The van der Waals surface area contributed by atoms with Crippen molar-refractivity contribution >= 4 is 7.60 Å². The molecule has 0 saturated heterocycles. The van der Waals surface area contributed by atoms with Gasteiger partial charge in [0.05, 0.1) is 13.2 Å². The molecule has 5 heteroatoms. The minimum Gasteiger partial charge on any atom is -0.308 e. The van der Waals surface area contributed by atoms with Crippen LogP contribution >= 0.6 is 7.60 Å². The Morgan fingerprint density at radius 2 is 1.58 bits per heavy atom. The summed E-state index contributed by atoms with van der Waals surface area (Å²) in [4.78, 5) is 0. The summed E-state index contributed by atoms with van der Waals surface area (Å²) < 4.78 is 24.3. The molecule has 1 rings (SSSR count). The van der Waals surface area contributed by atoms with E-state index in [4.69, 9.17) is 9.05 Å². The molecule has 0 bridgehead atoms. The number of hydrogen-bond acceptors (Lipinski definition) is 4. The maximum absolute atomic E-state index is 13.1. The first-order valence-corrected chi connectivity index (χ1v) is 10.9. The smallest absolute Gasteiger partial charge is 0.308 e. The van der Waals surface area contributed by atoms with Crippen molar-refractivity contribution in [2.24, 2.45) is 0 Å². The van der Waals surface area contributed by atoms with E-state index in [-0.39, 0.29) is 5.78 Å². The molecule has 1 unspecified atom stereocenters. The molecule has 0 amide bonds. The molecule has 0 saturated carbocycles. The normalized spacial score (nSPS) is 13.1. The number of hydrogen-bond donors (Lipinski definition) is 1. The van der Waals surface area contributed by atoms with E-state index in [1.54, 1.807) is 0 Å². The van der Waals surface area contributed by atoms with Gasteiger partial charge < -0.3 is 9.05 Å². The predicted octanol–water partition coefficient (Wildman–Crippen LogP) is 5.73. The van der Waals surface area contributed by atoms with Gasteiger partial charge in [0.25, 0.3) is 0 Å². The van der Waals surface area contributed by atoms with Gasteiger partial charge in [-0.1, -0.05) is 69.4 Å². The minimum absolute atomic E-state index is 0.251. The monoisotopic (exact) mass is 355 g/mol. The fourth-order valence-corrected chi connectivity index (χ4v) is 4.69. The van der Waals surface area contributed by atoms with Crippen molar-refractivity contribution in [3.63, 3.8) is 0 Å². The average molecular weight is 355 g/mol. The van der Waals surface area contributed by atoms with Crippen LogP contribution in [0.1, 0.15) is 64.9 Å². The Morgan fingerprint density at radius 1 is 0.958 bits per heavy atom. The van der Waals surface area contributed by atoms with Gasteiger partial charge in [-0.15, -0.1) is 0 Å². The van der Waals surface area contributed by atoms with Crippen LogP contribution in [0.15, 0.2) is 30.3 Å². The summed E-state index contributed by atoms with van der Waals surface area (Å²) in [6.45, 7) is 7.41. The number of rotatable bonds is 14. The Hall–Kier alpha value is -0.670. The first kappa shape index (κ1) is 21.4. The molecule has 0 aromatic heterocycles. The highest BCUT2D eigenvalue weighted by Gasteiger charge is 2.34. The molecule has 0 aliphatic heterocycles. The van der Waals surface area contributed by atoms with Gasteiger partial charge in [-0.3, -0.25) is 9.88 Å². The van der Waals surface area contributed by atoms with Crippen LogP contribution in [0.2, 0.25) is 0 Å². The van der Waals surface area contributed by atoms with Gasteiger partial charge >= 0.3 is 7.60 Å². The van der Waals surface area contributed by atoms with Crippen molar-refractivity contribution in [2.75, 3.05) is 13.2 Å². The lowest BCUT2D eigenvalue weighted by Gasteiger charge is -2.27. The Balaban J connectivity index is 2.67. The molecule has 4 nitrogen and oxygen atoms in total. The molecule has 1 aromatic carbocycles. The summed E-state index contributed by atoms with van der Waals surface area (Å²) in [5, 5.41) is 3.42. The zero-order valence-corrected chi connectivity index (χ0v) is 16.4. The fourth-order valence-electron chi connectivity index (χ4n) is 2.72. The molecular weight excluding hydrogens is 321 g/mol. The van der Waals surface area contributed by atoms with E-state index in [0.717, 1.165) is 19.3 Å². The van der Waals surface area contributed by atoms with Crippen molar-refractivity contribution in [1.29, 1.82) is 0 Å². The van der Waals surface area contributed by atoms with Crippen molar-refractivity contribution in [3.8, 4) is 0 Å². The Bertz CT molecular complexity index is 457. The standard InChI is InChI=1S/C19H34NO3P/c1-4-7-8-9-13-16-19(24(21,22-5-2)23-6-3)20-17-18-14-11-10-12-15-18/h10-12,14-15,19-20H,4-9,13,16-17H2,1-3H3. The van der Waals surface area contributed by atoms with Gasteiger partial charge in [0, 0.05) is 6.54 Å². The number of benzene rings is 1. The quantitative estimate of drug-likeness (QED) is 0.342. The molecule has 0 aliphatic rings. The fraction of sp³-hybridized carbons (Fsp3) is 0.684. The number of unbranched alkanes of at least 4 members (excludes halogenated alkanes) is 4. The summed E-state index contributed by atoms with van der Waals surface area (Å²) in [6.07, 6.45) is 6.73. The Kier molecular flexibility index (Phi) is 11.3. The molecule has 138 valence electrons. The molecule has 0 aliphatic carbocycles. The Labute approximate surface area is 147 Å². The summed E-state index contributed by atoms with van der Waals surface area (Å²) >= 11 is 0. The molecule has 0 spiro atoms. The molecular formula is C19H34NO3P. The zero-order chi connectivity index (χ0) is 17.7. The van der Waals surface area contributed by atoms with Gasteiger partial charge in [-0.05, 0) is 25.8 Å². The van der Waals surface area contributed by atoms with Crippen LogP contribution < -0.4 is 5.32 Å². The van der Waals surface area contributed by atoms with Crippen LogP contribution in [0.25, 0.3) is 0 Å². The lowest BCUT2D eigenvalue weighted by atomic mass is 10.1. The van der Waals surface area contributed by atoms with E-state index in [9.17, 15) is 4.57 Å². The molecule has 0 radical (unpaired) electrons. The highest BCUT2D eigenvalue weighted by molar-refractivity contribution is 7.54. The SMILES string of the molecule is CCCCCCCC(NCc1ccccc1)P(=O)(OCC)OCC. The first-order valence-electron chi connectivity index (χ1n) is 9.32. The third kappa shape index (κ3) is 7.94. The van der Waals surface area contributed by atoms with Crippen molar-refractivity contribution in [2.45, 2.75) is 71.6 Å². The van der Waals surface area contributed by atoms with Crippen LogP contribution in [-0.4, -0.2) is 19.0 Å². The maximum Gasteiger partial charge on any atom is 0.347 e. The van der Waals surface area contributed by atoms with Gasteiger partial charge in [0.2, 0.25) is 0 Å². The zero-order valence-electron chi connectivity index (χ0n) is 15.5. The van der Waals surface area contributed by atoms with Gasteiger partial charge in [0.1, 0.15) is 5.78 Å². The topological polar surface area (TPSA) is 47.6 Å². The lowest BCUT2D eigenvalue weighted by Crippen LogP contribution is -2.30. The van der Waals surface area contributed by atoms with Crippen LogP contribution in [-0.2, 0) is 20.2 Å². The summed E-state index contributed by atoms with van der Waals surface area (Å²) in [5.74, 6) is -0.251. The van der Waals surface area contributed by atoms with Crippen LogP contribution in [0.5, 0.6) is 0 Å².